The molecule has 7 atom stereocenters. The number of likely N-dealkylation sites (tertiary alicyclic amines) is 1. The predicted octanol–water partition coefficient (Wildman–Crippen LogP) is 3.40. The van der Waals surface area contributed by atoms with Gasteiger partial charge in [0.25, 0.3) is 6.43 Å². The molecule has 2 aromatic rings. The molecule has 0 spiro atoms. The molecule has 4 heterocycles. The largest absolute Gasteiger partial charge is 0.445 e. The highest BCUT2D eigenvalue weighted by molar-refractivity contribution is 5.68. The topological polar surface area (TPSA) is 105 Å². The Hall–Kier alpha value is -3.18. The van der Waals surface area contributed by atoms with Crippen molar-refractivity contribution in [2.45, 2.75) is 69.0 Å². The number of carbonyl (C=O) groups is 1. The molecule has 0 bridgehead atoms. The van der Waals surface area contributed by atoms with Crippen LogP contribution in [0, 0.1) is 17.2 Å². The van der Waals surface area contributed by atoms with Gasteiger partial charge in [-0.1, -0.05) is 54.6 Å². The predicted molar refractivity (Wildman–Crippen MR) is 164 cm³/mol. The molecule has 4 saturated heterocycles. The summed E-state index contributed by atoms with van der Waals surface area (Å²) in [6.45, 7) is 3.83. The molecule has 0 radical (unpaired) electrons. The fraction of sp³-hybridized carbons (Fsp3) is 0.576. The lowest BCUT2D eigenvalue weighted by Crippen LogP contribution is -2.71. The van der Waals surface area contributed by atoms with Crippen LogP contribution in [0.2, 0.25) is 0 Å². The van der Waals surface area contributed by atoms with Crippen LogP contribution in [0.4, 0.5) is 13.6 Å². The van der Waals surface area contributed by atoms with Crippen molar-refractivity contribution in [1.82, 2.24) is 30.7 Å². The minimum Gasteiger partial charge on any atom is -0.445 e. The number of fused-ring (bicyclic) bond motifs is 1. The summed E-state index contributed by atoms with van der Waals surface area (Å²) in [7, 11) is 2.11. The van der Waals surface area contributed by atoms with Crippen LogP contribution in [0.5, 0.6) is 0 Å². The maximum atomic E-state index is 14.1. The Labute approximate surface area is 263 Å². The number of nitrogens with one attached hydrogen (secondary N) is 3. The van der Waals surface area contributed by atoms with Crippen molar-refractivity contribution in [1.29, 1.82) is 5.26 Å². The van der Waals surface area contributed by atoms with E-state index in [2.05, 4.69) is 38.9 Å². The minimum absolute atomic E-state index is 0.0223. The lowest BCUT2D eigenvalue weighted by molar-refractivity contribution is -0.0919. The van der Waals surface area contributed by atoms with Gasteiger partial charge < -0.3 is 24.6 Å². The quantitative estimate of drug-likeness (QED) is 0.388. The molecule has 10 nitrogen and oxygen atoms in total. The Morgan fingerprint density at radius 1 is 1.07 bits per heavy atom. The average Bonchev–Trinajstić information content (AvgIpc) is 3.68. The number of halogens is 2. The van der Waals surface area contributed by atoms with Crippen LogP contribution in [-0.2, 0) is 16.1 Å². The van der Waals surface area contributed by atoms with Gasteiger partial charge in [0.1, 0.15) is 6.61 Å². The molecule has 45 heavy (non-hydrogen) atoms. The van der Waals surface area contributed by atoms with Gasteiger partial charge in [-0.15, -0.1) is 0 Å². The lowest BCUT2D eigenvalue weighted by atomic mass is 9.87. The summed E-state index contributed by atoms with van der Waals surface area (Å²) in [6, 6.07) is 18.0. The van der Waals surface area contributed by atoms with Gasteiger partial charge in [0.15, 0.2) is 6.35 Å². The number of alkyl halides is 2. The third-order valence-electron chi connectivity index (χ3n) is 9.83. The van der Waals surface area contributed by atoms with Gasteiger partial charge in [-0.25, -0.2) is 13.6 Å². The molecule has 0 aromatic heterocycles. The highest BCUT2D eigenvalue weighted by Crippen LogP contribution is 2.38. The third kappa shape index (κ3) is 7.14. The third-order valence-corrected chi connectivity index (χ3v) is 9.83. The number of hydrogen-bond acceptors (Lipinski definition) is 9. The van der Waals surface area contributed by atoms with Gasteiger partial charge in [-0.05, 0) is 37.6 Å². The maximum Gasteiger partial charge on any atom is 0.410 e. The van der Waals surface area contributed by atoms with Gasteiger partial charge in [-0.2, -0.15) is 5.26 Å². The van der Waals surface area contributed by atoms with E-state index in [-0.39, 0.29) is 48.8 Å². The fourth-order valence-corrected chi connectivity index (χ4v) is 7.41. The number of nitrogens with zero attached hydrogens (tertiary/aromatic N) is 4. The number of likely N-dealkylation sites (N-methyl/N-ethyl adjacent to an activating group) is 1. The highest BCUT2D eigenvalue weighted by Gasteiger charge is 2.49. The molecule has 3 N–H and O–H groups in total. The molecule has 4 fully saturated rings. The molecule has 242 valence electrons. The molecular formula is C33H43F2N7O3. The zero-order valence-electron chi connectivity index (χ0n) is 25.7. The Bertz CT molecular complexity index is 1330. The number of carbonyl (C=O) groups excluding carboxylic acids is 1. The van der Waals surface area contributed by atoms with Crippen LogP contribution >= 0.6 is 0 Å². The number of hydrogen-bond donors (Lipinski definition) is 3. The molecule has 4 aliphatic heterocycles. The first-order valence-electron chi connectivity index (χ1n) is 16.0. The van der Waals surface area contributed by atoms with Crippen LogP contribution in [-0.4, -0.2) is 97.8 Å². The molecule has 6 unspecified atom stereocenters. The first-order valence-corrected chi connectivity index (χ1v) is 16.0. The summed E-state index contributed by atoms with van der Waals surface area (Å²) in [5.41, 5.74) is 1.53. The second-order valence-corrected chi connectivity index (χ2v) is 12.5. The SMILES string of the molecule is CN1CCC[C@H]1COC1NC2C(c3ccccc3C(F)F)NCC2C(N2CCN(C(=O)OCc3ccccc3)C(CC#N)C2)N1. The van der Waals surface area contributed by atoms with Crippen LogP contribution < -0.4 is 16.0 Å². The molecule has 1 amide bonds. The molecule has 0 saturated carbocycles. The van der Waals surface area contributed by atoms with E-state index in [1.54, 1.807) is 23.1 Å². The number of rotatable bonds is 9. The standard InChI is InChI=1S/C33H43F2N7O3/c1-40-15-7-10-24(40)21-44-32-38-29-27(18-37-28(29)25-11-5-6-12-26(25)30(34)35)31(39-32)41-16-17-42(23(19-41)13-14-36)33(43)45-20-22-8-3-2-4-9-22/h2-6,8-9,11-12,23-24,27-32,37-39H,7,10,13,15-21H2,1H3/t23?,24-,27?,28?,29?,31?,32?/m0/s1. The van der Waals surface area contributed by atoms with Crippen LogP contribution in [0.3, 0.4) is 0 Å². The van der Waals surface area contributed by atoms with E-state index in [9.17, 15) is 18.8 Å². The zero-order chi connectivity index (χ0) is 31.3. The molecular weight excluding hydrogens is 580 g/mol. The second-order valence-electron chi connectivity index (χ2n) is 12.5. The summed E-state index contributed by atoms with van der Waals surface area (Å²) in [5.74, 6) is 0.0223. The van der Waals surface area contributed by atoms with Crippen LogP contribution in [0.15, 0.2) is 54.6 Å². The number of ether oxygens (including phenoxy) is 2. The normalized spacial score (nSPS) is 30.7. The van der Waals surface area contributed by atoms with Gasteiger partial charge in [0.05, 0.1) is 31.3 Å². The van der Waals surface area contributed by atoms with E-state index < -0.39 is 18.9 Å². The Balaban J connectivity index is 1.19. The molecule has 12 heteroatoms. The molecule has 6 rings (SSSR count). The van der Waals surface area contributed by atoms with Crippen molar-refractivity contribution < 1.29 is 23.0 Å². The second kappa shape index (κ2) is 14.5. The van der Waals surface area contributed by atoms with Gasteiger partial charge in [0, 0.05) is 55.8 Å². The Morgan fingerprint density at radius 2 is 1.87 bits per heavy atom. The van der Waals surface area contributed by atoms with Crippen molar-refractivity contribution >= 4 is 6.09 Å². The number of benzene rings is 2. The number of amides is 1. The first kappa shape index (κ1) is 31.8. The monoisotopic (exact) mass is 623 g/mol. The van der Waals surface area contributed by atoms with E-state index >= 15 is 0 Å². The fourth-order valence-electron chi connectivity index (χ4n) is 7.41. The first-order chi connectivity index (χ1) is 21.9. The Morgan fingerprint density at radius 3 is 2.62 bits per heavy atom. The van der Waals surface area contributed by atoms with E-state index in [1.165, 1.54) is 6.07 Å². The number of piperazine rings is 1. The van der Waals surface area contributed by atoms with Gasteiger partial charge >= 0.3 is 6.09 Å². The van der Waals surface area contributed by atoms with Crippen molar-refractivity contribution in [2.24, 2.45) is 5.92 Å². The summed E-state index contributed by atoms with van der Waals surface area (Å²) < 4.78 is 40.2. The highest BCUT2D eigenvalue weighted by atomic mass is 19.3. The maximum absolute atomic E-state index is 14.1. The van der Waals surface area contributed by atoms with Crippen LogP contribution in [0.25, 0.3) is 0 Å². The van der Waals surface area contributed by atoms with Crippen molar-refractivity contribution in [3.05, 3.63) is 71.3 Å². The van der Waals surface area contributed by atoms with Crippen molar-refractivity contribution in [3.63, 3.8) is 0 Å². The smallest absolute Gasteiger partial charge is 0.410 e. The summed E-state index contributed by atoms with van der Waals surface area (Å²) in [5, 5.41) is 20.5. The van der Waals surface area contributed by atoms with Crippen LogP contribution in [0.1, 0.15) is 48.4 Å². The molecule has 2 aromatic carbocycles. The zero-order valence-corrected chi connectivity index (χ0v) is 25.7. The van der Waals surface area contributed by atoms with E-state index in [0.29, 0.717) is 44.4 Å². The summed E-state index contributed by atoms with van der Waals surface area (Å²) >= 11 is 0. The van der Waals surface area contributed by atoms with Gasteiger partial charge in [0.2, 0.25) is 0 Å². The molecule has 4 aliphatic rings. The average molecular weight is 624 g/mol. The molecule has 0 aliphatic carbocycles. The van der Waals surface area contributed by atoms with Crippen molar-refractivity contribution in [2.75, 3.05) is 46.4 Å². The number of nitriles is 1. The van der Waals surface area contributed by atoms with Crippen molar-refractivity contribution in [3.8, 4) is 6.07 Å². The van der Waals surface area contributed by atoms with E-state index in [4.69, 9.17) is 9.47 Å². The summed E-state index contributed by atoms with van der Waals surface area (Å²) in [6.07, 6.45) is -1.28. The summed E-state index contributed by atoms with van der Waals surface area (Å²) in [4.78, 5) is 19.4. The lowest BCUT2D eigenvalue weighted by Gasteiger charge is -2.50. The Kier molecular flexibility index (Phi) is 10.2. The van der Waals surface area contributed by atoms with E-state index in [1.807, 2.05) is 30.3 Å². The van der Waals surface area contributed by atoms with E-state index in [0.717, 1.165) is 24.9 Å². The minimum atomic E-state index is -2.58. The van der Waals surface area contributed by atoms with Gasteiger partial charge in [-0.3, -0.25) is 15.5 Å².